The number of ether oxygens (including phenoxy) is 2. The number of hydrogen-bond acceptors (Lipinski definition) is 3. The summed E-state index contributed by atoms with van der Waals surface area (Å²) in [7, 11) is 0.865. The third-order valence-electron chi connectivity index (χ3n) is 1.86. The first-order valence-electron chi connectivity index (χ1n) is 4.55. The first-order valence-corrected chi connectivity index (χ1v) is 5.08. The van der Waals surface area contributed by atoms with Gasteiger partial charge in [0.1, 0.15) is 5.69 Å². The van der Waals surface area contributed by atoms with Crippen LogP contribution in [0.3, 0.4) is 0 Å². The summed E-state index contributed by atoms with van der Waals surface area (Å²) in [5, 5.41) is 0. The molecular weight excluding hydrogens is 304 g/mol. The molecule has 0 fully saturated rings. The van der Waals surface area contributed by atoms with Crippen LogP contribution in [0.5, 0.6) is 11.6 Å². The van der Waals surface area contributed by atoms with Crippen LogP contribution >= 0.6 is 11.6 Å². The Morgan fingerprint density at radius 2 is 1.79 bits per heavy atom. The Bertz CT molecular complexity index is 434. The molecule has 0 N–H and O–H groups in total. The molecule has 0 spiro atoms. The van der Waals surface area contributed by atoms with E-state index in [2.05, 4.69) is 14.5 Å². The van der Waals surface area contributed by atoms with Crippen molar-refractivity contribution in [3.63, 3.8) is 0 Å². The molecule has 0 atom stereocenters. The van der Waals surface area contributed by atoms with Crippen LogP contribution in [-0.2, 0) is 12.1 Å². The molecule has 1 heterocycles. The van der Waals surface area contributed by atoms with Crippen LogP contribution in [0.4, 0.5) is 26.3 Å². The second kappa shape index (κ2) is 5.32. The second-order valence-corrected chi connectivity index (χ2v) is 3.45. The van der Waals surface area contributed by atoms with Crippen molar-refractivity contribution in [2.24, 2.45) is 0 Å². The van der Waals surface area contributed by atoms with E-state index >= 15 is 0 Å². The molecule has 0 radical (unpaired) electrons. The maximum atomic E-state index is 12.5. The van der Waals surface area contributed by atoms with Crippen LogP contribution in [0, 0.1) is 0 Å². The largest absolute Gasteiger partial charge is 0.573 e. The number of pyridine rings is 1. The fourth-order valence-corrected chi connectivity index (χ4v) is 1.37. The minimum Gasteiger partial charge on any atom is -0.478 e. The van der Waals surface area contributed by atoms with E-state index in [0.29, 0.717) is 6.07 Å². The Labute approximate surface area is 108 Å². The van der Waals surface area contributed by atoms with E-state index in [1.54, 1.807) is 0 Å². The Hall–Kier alpha value is -1.38. The molecule has 0 aliphatic carbocycles. The molecule has 0 bridgehead atoms. The lowest BCUT2D eigenvalue weighted by atomic mass is 10.2. The molecule has 0 unspecified atom stereocenters. The van der Waals surface area contributed by atoms with Crippen molar-refractivity contribution in [3.05, 3.63) is 17.3 Å². The van der Waals surface area contributed by atoms with E-state index < -0.39 is 41.3 Å². The quantitative estimate of drug-likeness (QED) is 0.629. The third-order valence-corrected chi connectivity index (χ3v) is 2.15. The van der Waals surface area contributed by atoms with Gasteiger partial charge < -0.3 is 9.47 Å². The van der Waals surface area contributed by atoms with Crippen molar-refractivity contribution in [3.8, 4) is 11.6 Å². The van der Waals surface area contributed by atoms with Gasteiger partial charge in [-0.25, -0.2) is 4.98 Å². The molecule has 19 heavy (non-hydrogen) atoms. The standard InChI is InChI=1S/C9H6ClF6NO2/c1-18-7-6(19-9(14,15)16)4(3-10)2-5(17-7)8(11,12)13/h2H,3H2,1H3. The molecule has 1 aromatic rings. The lowest BCUT2D eigenvalue weighted by molar-refractivity contribution is -0.275. The third kappa shape index (κ3) is 4.05. The van der Waals surface area contributed by atoms with Crippen LogP contribution in [0.15, 0.2) is 6.07 Å². The summed E-state index contributed by atoms with van der Waals surface area (Å²) in [6.07, 6.45) is -9.94. The zero-order valence-corrected chi connectivity index (χ0v) is 9.95. The normalized spacial score (nSPS) is 12.4. The van der Waals surface area contributed by atoms with Gasteiger partial charge in [0.05, 0.1) is 13.0 Å². The number of aromatic nitrogens is 1. The molecule has 0 amide bonds. The highest BCUT2D eigenvalue weighted by Crippen LogP contribution is 2.39. The smallest absolute Gasteiger partial charge is 0.478 e. The van der Waals surface area contributed by atoms with E-state index in [1.165, 1.54) is 0 Å². The van der Waals surface area contributed by atoms with Crippen molar-refractivity contribution in [1.29, 1.82) is 0 Å². The number of nitrogens with zero attached hydrogens (tertiary/aromatic N) is 1. The van der Waals surface area contributed by atoms with Gasteiger partial charge in [-0.05, 0) is 6.07 Å². The number of hydrogen-bond donors (Lipinski definition) is 0. The summed E-state index contributed by atoms with van der Waals surface area (Å²) >= 11 is 5.31. The first kappa shape index (κ1) is 15.7. The average molecular weight is 310 g/mol. The fourth-order valence-electron chi connectivity index (χ4n) is 1.17. The summed E-state index contributed by atoms with van der Waals surface area (Å²) in [6, 6.07) is 0.372. The summed E-state index contributed by atoms with van der Waals surface area (Å²) in [5.74, 6) is -2.56. The lowest BCUT2D eigenvalue weighted by Crippen LogP contribution is -2.20. The van der Waals surface area contributed by atoms with E-state index in [-0.39, 0.29) is 0 Å². The van der Waals surface area contributed by atoms with Crippen molar-refractivity contribution < 1.29 is 35.8 Å². The van der Waals surface area contributed by atoms with Crippen molar-refractivity contribution >= 4 is 11.6 Å². The molecule has 0 saturated carbocycles. The van der Waals surface area contributed by atoms with Gasteiger partial charge in [0.15, 0.2) is 5.75 Å². The minimum absolute atomic E-state index is 0.372. The van der Waals surface area contributed by atoms with E-state index in [4.69, 9.17) is 11.6 Å². The summed E-state index contributed by atoms with van der Waals surface area (Å²) in [6.45, 7) is 0. The van der Waals surface area contributed by atoms with Gasteiger partial charge in [-0.3, -0.25) is 0 Å². The van der Waals surface area contributed by atoms with Gasteiger partial charge in [0, 0.05) is 5.56 Å². The maximum absolute atomic E-state index is 12.5. The monoisotopic (exact) mass is 309 g/mol. The van der Waals surface area contributed by atoms with E-state index in [0.717, 1.165) is 7.11 Å². The van der Waals surface area contributed by atoms with Crippen molar-refractivity contribution in [2.75, 3.05) is 7.11 Å². The molecule has 0 saturated heterocycles. The van der Waals surface area contributed by atoms with Crippen molar-refractivity contribution in [1.82, 2.24) is 4.98 Å². The van der Waals surface area contributed by atoms with Gasteiger partial charge in [-0.1, -0.05) is 0 Å². The molecule has 3 nitrogen and oxygen atoms in total. The Balaban J connectivity index is 3.38. The Kier molecular flexibility index (Phi) is 4.39. The molecular formula is C9H6ClF6NO2. The number of alkyl halides is 7. The number of methoxy groups -OCH3 is 1. The second-order valence-electron chi connectivity index (χ2n) is 3.18. The van der Waals surface area contributed by atoms with Gasteiger partial charge in [-0.15, -0.1) is 24.8 Å². The predicted molar refractivity (Wildman–Crippen MR) is 52.0 cm³/mol. The maximum Gasteiger partial charge on any atom is 0.573 e. The van der Waals surface area contributed by atoms with Crippen LogP contribution in [0.1, 0.15) is 11.3 Å². The summed E-state index contributed by atoms with van der Waals surface area (Å²) in [5.41, 5.74) is -1.95. The molecule has 0 aromatic carbocycles. The molecule has 108 valence electrons. The minimum atomic E-state index is -5.10. The molecule has 0 aliphatic rings. The van der Waals surface area contributed by atoms with E-state index in [1.807, 2.05) is 0 Å². The van der Waals surface area contributed by atoms with Gasteiger partial charge in [0.2, 0.25) is 0 Å². The Morgan fingerprint density at radius 3 is 2.16 bits per heavy atom. The average Bonchev–Trinajstić information content (AvgIpc) is 2.25. The SMILES string of the molecule is COc1nc(C(F)(F)F)cc(CCl)c1OC(F)(F)F. The Morgan fingerprint density at radius 1 is 1.21 bits per heavy atom. The van der Waals surface area contributed by atoms with Crippen LogP contribution in [0.2, 0.25) is 0 Å². The zero-order chi connectivity index (χ0) is 14.8. The topological polar surface area (TPSA) is 31.4 Å². The van der Waals surface area contributed by atoms with Gasteiger partial charge in [-0.2, -0.15) is 13.2 Å². The van der Waals surface area contributed by atoms with Crippen LogP contribution in [-0.4, -0.2) is 18.5 Å². The molecule has 1 aromatic heterocycles. The van der Waals surface area contributed by atoms with Crippen LogP contribution in [0.25, 0.3) is 0 Å². The van der Waals surface area contributed by atoms with Crippen molar-refractivity contribution in [2.45, 2.75) is 18.4 Å². The van der Waals surface area contributed by atoms with Gasteiger partial charge in [0.25, 0.3) is 5.88 Å². The molecule has 10 heteroatoms. The van der Waals surface area contributed by atoms with E-state index in [9.17, 15) is 26.3 Å². The lowest BCUT2D eigenvalue weighted by Gasteiger charge is -2.16. The highest BCUT2D eigenvalue weighted by atomic mass is 35.5. The fraction of sp³-hybridized carbons (Fsp3) is 0.444. The molecule has 0 aliphatic heterocycles. The predicted octanol–water partition coefficient (Wildman–Crippen LogP) is 3.75. The number of rotatable bonds is 3. The highest BCUT2D eigenvalue weighted by Gasteiger charge is 2.38. The zero-order valence-electron chi connectivity index (χ0n) is 9.19. The van der Waals surface area contributed by atoms with Crippen LogP contribution < -0.4 is 9.47 Å². The summed E-state index contributed by atoms with van der Waals surface area (Å²) < 4.78 is 81.8. The number of halogens is 7. The summed E-state index contributed by atoms with van der Waals surface area (Å²) in [4.78, 5) is 2.92. The molecule has 1 rings (SSSR count). The van der Waals surface area contributed by atoms with Gasteiger partial charge >= 0.3 is 12.5 Å². The highest BCUT2D eigenvalue weighted by molar-refractivity contribution is 6.17. The first-order chi connectivity index (χ1) is 8.58.